The minimum Gasteiger partial charge on any atom is -0.491 e. The smallest absolute Gasteiger partial charge is 0.123 e. The highest BCUT2D eigenvalue weighted by Crippen LogP contribution is 2.24. The summed E-state index contributed by atoms with van der Waals surface area (Å²) in [4.78, 5) is 0. The van der Waals surface area contributed by atoms with Crippen molar-refractivity contribution in [3.8, 4) is 11.5 Å². The Morgan fingerprint density at radius 1 is 0.243 bits per heavy atom. The SMILES string of the molecule is CCCCCCc1cc(OCCOCCOCCOCCOCCOCCOCCOCCOCCOCCO)cc(OCCOCCOCCOCCOCCOCCOCCOCCOCCOCCO)c1. The van der Waals surface area contributed by atoms with E-state index < -0.39 is 0 Å². The first-order chi connectivity index (χ1) is 36.8. The second-order valence-corrected chi connectivity index (χ2v) is 15.8. The molecule has 438 valence electrons. The summed E-state index contributed by atoms with van der Waals surface area (Å²) in [5, 5.41) is 17.3. The van der Waals surface area contributed by atoms with Crippen molar-refractivity contribution in [2.24, 2.45) is 0 Å². The number of aliphatic hydroxyl groups excluding tert-OH is 2. The summed E-state index contributed by atoms with van der Waals surface area (Å²) in [5.41, 5.74) is 1.19. The van der Waals surface area contributed by atoms with Crippen molar-refractivity contribution >= 4 is 0 Å². The predicted octanol–water partition coefficient (Wildman–Crippen LogP) is 2.85. The number of aryl methyl sites for hydroxylation is 1. The van der Waals surface area contributed by atoms with Gasteiger partial charge in [0, 0.05) is 6.07 Å². The van der Waals surface area contributed by atoms with E-state index in [1.807, 2.05) is 6.07 Å². The van der Waals surface area contributed by atoms with Gasteiger partial charge in [-0.2, -0.15) is 0 Å². The summed E-state index contributed by atoms with van der Waals surface area (Å²) in [6.07, 6.45) is 5.69. The van der Waals surface area contributed by atoms with Crippen LogP contribution in [0.2, 0.25) is 0 Å². The number of rotatable bonds is 65. The number of hydrogen-bond acceptors (Lipinski definition) is 22. The quantitative estimate of drug-likeness (QED) is 0.0895. The molecule has 1 rings (SSSR count). The van der Waals surface area contributed by atoms with Gasteiger partial charge in [0.1, 0.15) is 24.7 Å². The average Bonchev–Trinajstić information content (AvgIpc) is 3.41. The zero-order valence-corrected chi connectivity index (χ0v) is 45.1. The van der Waals surface area contributed by atoms with Crippen molar-refractivity contribution in [2.75, 3.05) is 264 Å². The number of aliphatic hydroxyl groups is 2. The Balaban J connectivity index is 1.94. The third-order valence-corrected chi connectivity index (χ3v) is 9.68. The summed E-state index contributed by atoms with van der Waals surface area (Å²) >= 11 is 0. The van der Waals surface area contributed by atoms with E-state index in [9.17, 15) is 0 Å². The molecule has 0 atom stereocenters. The third kappa shape index (κ3) is 54.8. The molecule has 0 saturated carbocycles. The fourth-order valence-electron chi connectivity index (χ4n) is 5.99. The molecule has 1 aromatic carbocycles. The van der Waals surface area contributed by atoms with E-state index in [-0.39, 0.29) is 13.2 Å². The first-order valence-corrected chi connectivity index (χ1v) is 26.8. The molecule has 0 fully saturated rings. The molecular weight excluding hydrogens is 977 g/mol. The fourth-order valence-corrected chi connectivity index (χ4v) is 5.99. The number of hydrogen-bond donors (Lipinski definition) is 2. The lowest BCUT2D eigenvalue weighted by Gasteiger charge is -2.13. The summed E-state index contributed by atoms with van der Waals surface area (Å²) in [7, 11) is 0. The Kier molecular flexibility index (Phi) is 58.6. The van der Waals surface area contributed by atoms with Gasteiger partial charge in [-0.05, 0) is 30.5 Å². The van der Waals surface area contributed by atoms with Gasteiger partial charge >= 0.3 is 0 Å². The van der Waals surface area contributed by atoms with Crippen molar-refractivity contribution in [3.05, 3.63) is 23.8 Å². The zero-order chi connectivity index (χ0) is 52.8. The number of unbranched alkanes of at least 4 members (excludes halogenated alkanes) is 3. The van der Waals surface area contributed by atoms with E-state index in [0.29, 0.717) is 251 Å². The second-order valence-electron chi connectivity index (χ2n) is 15.8. The Morgan fingerprint density at radius 3 is 0.649 bits per heavy atom. The van der Waals surface area contributed by atoms with Crippen LogP contribution >= 0.6 is 0 Å². The summed E-state index contributed by atoms with van der Waals surface area (Å²) in [5.74, 6) is 1.51. The molecule has 2 N–H and O–H groups in total. The molecule has 1 aromatic rings. The van der Waals surface area contributed by atoms with Crippen molar-refractivity contribution in [1.29, 1.82) is 0 Å². The third-order valence-electron chi connectivity index (χ3n) is 9.68. The number of ether oxygens (including phenoxy) is 20. The van der Waals surface area contributed by atoms with E-state index in [1.165, 1.54) is 24.8 Å². The lowest BCUT2D eigenvalue weighted by molar-refractivity contribution is -0.0259. The van der Waals surface area contributed by atoms with Crippen molar-refractivity contribution in [3.63, 3.8) is 0 Å². The molecule has 22 heteroatoms. The van der Waals surface area contributed by atoms with Crippen molar-refractivity contribution in [1.82, 2.24) is 0 Å². The maximum atomic E-state index is 8.63. The van der Waals surface area contributed by atoms with Gasteiger partial charge in [0.25, 0.3) is 0 Å². The predicted molar refractivity (Wildman–Crippen MR) is 274 cm³/mol. The van der Waals surface area contributed by atoms with Crippen LogP contribution in [0.15, 0.2) is 18.2 Å². The highest BCUT2D eigenvalue weighted by atomic mass is 16.6. The molecule has 0 aliphatic rings. The monoisotopic (exact) mass is 1070 g/mol. The van der Waals surface area contributed by atoms with Crippen LogP contribution in [0.4, 0.5) is 0 Å². The Labute approximate surface area is 442 Å². The van der Waals surface area contributed by atoms with E-state index in [0.717, 1.165) is 24.3 Å². The standard InChI is InChI=1S/C52H98O22/c1-2-3-4-5-6-50-47-51(73-45-43-71-41-39-69-37-35-67-33-31-65-29-27-63-25-23-61-21-19-59-17-15-57-13-11-55-9-7-53)49-52(48-50)74-46-44-72-42-40-70-38-36-68-34-32-66-30-28-64-26-24-62-22-20-60-18-16-58-14-12-56-10-8-54/h47-49,53-54H,2-46H2,1H3. The Bertz CT molecular complexity index is 1130. The molecule has 74 heavy (non-hydrogen) atoms. The van der Waals surface area contributed by atoms with Crippen molar-refractivity contribution < 1.29 is 105 Å². The molecule has 0 unspecified atom stereocenters. The molecule has 0 saturated heterocycles. The molecule has 0 heterocycles. The molecule has 0 aliphatic heterocycles. The van der Waals surface area contributed by atoms with Crippen LogP contribution in [0, 0.1) is 0 Å². The van der Waals surface area contributed by atoms with Crippen molar-refractivity contribution in [2.45, 2.75) is 39.0 Å². The van der Waals surface area contributed by atoms with Crippen LogP contribution < -0.4 is 9.47 Å². The van der Waals surface area contributed by atoms with E-state index in [4.69, 9.17) is 105 Å². The Hall–Kier alpha value is -1.98. The van der Waals surface area contributed by atoms with E-state index >= 15 is 0 Å². The molecule has 0 bridgehead atoms. The zero-order valence-electron chi connectivity index (χ0n) is 45.1. The van der Waals surface area contributed by atoms with Crippen LogP contribution in [0.5, 0.6) is 11.5 Å². The lowest BCUT2D eigenvalue weighted by atomic mass is 10.1. The minimum atomic E-state index is 0.0175. The summed E-state index contributed by atoms with van der Waals surface area (Å²) in [6.45, 7) is 20.1. The van der Waals surface area contributed by atoms with Crippen LogP contribution in [0.25, 0.3) is 0 Å². The van der Waals surface area contributed by atoms with Crippen LogP contribution in [0.1, 0.15) is 38.2 Å². The van der Waals surface area contributed by atoms with Gasteiger partial charge in [-0.1, -0.05) is 26.2 Å². The highest BCUT2D eigenvalue weighted by Gasteiger charge is 2.06. The first-order valence-electron chi connectivity index (χ1n) is 26.8. The molecule has 0 aromatic heterocycles. The van der Waals surface area contributed by atoms with Crippen LogP contribution in [-0.2, 0) is 91.7 Å². The van der Waals surface area contributed by atoms with Gasteiger partial charge in [0.2, 0.25) is 0 Å². The molecule has 0 radical (unpaired) electrons. The van der Waals surface area contributed by atoms with Gasteiger partial charge in [0.05, 0.1) is 251 Å². The topological polar surface area (TPSA) is 225 Å². The molecular formula is C52H98O22. The van der Waals surface area contributed by atoms with Gasteiger partial charge in [0.15, 0.2) is 0 Å². The highest BCUT2D eigenvalue weighted by molar-refractivity contribution is 5.38. The second kappa shape index (κ2) is 61.9. The normalized spacial score (nSPS) is 11.6. The average molecular weight is 1080 g/mol. The Morgan fingerprint density at radius 2 is 0.446 bits per heavy atom. The van der Waals surface area contributed by atoms with Gasteiger partial charge in [-0.25, -0.2) is 0 Å². The fraction of sp³-hybridized carbons (Fsp3) is 0.885. The maximum Gasteiger partial charge on any atom is 0.123 e. The van der Waals surface area contributed by atoms with Gasteiger partial charge in [-0.15, -0.1) is 0 Å². The summed E-state index contributed by atoms with van der Waals surface area (Å²) in [6, 6.07) is 6.08. The van der Waals surface area contributed by atoms with Crippen LogP contribution in [0.3, 0.4) is 0 Å². The molecule has 0 spiro atoms. The van der Waals surface area contributed by atoms with E-state index in [1.54, 1.807) is 0 Å². The first kappa shape index (κ1) is 70.0. The van der Waals surface area contributed by atoms with Crippen LogP contribution in [-0.4, -0.2) is 274 Å². The molecule has 0 aliphatic carbocycles. The lowest BCUT2D eigenvalue weighted by Crippen LogP contribution is -2.15. The molecule has 22 nitrogen and oxygen atoms in total. The minimum absolute atomic E-state index is 0.0175. The van der Waals surface area contributed by atoms with Gasteiger partial charge in [-0.3, -0.25) is 0 Å². The largest absolute Gasteiger partial charge is 0.491 e. The van der Waals surface area contributed by atoms with Gasteiger partial charge < -0.3 is 105 Å². The maximum absolute atomic E-state index is 8.63. The number of benzene rings is 1. The van der Waals surface area contributed by atoms with E-state index in [2.05, 4.69) is 19.1 Å². The summed E-state index contributed by atoms with van der Waals surface area (Å²) < 4.78 is 111. The molecule has 0 amide bonds.